The van der Waals surface area contributed by atoms with Crippen molar-refractivity contribution in [3.8, 4) is 0 Å². The van der Waals surface area contributed by atoms with Gasteiger partial charge in [0.05, 0.1) is 0 Å². The zero-order valence-electron chi connectivity index (χ0n) is 10.2. The molecule has 1 atom stereocenters. The Bertz CT molecular complexity index is 487. The van der Waals surface area contributed by atoms with E-state index >= 15 is 0 Å². The van der Waals surface area contributed by atoms with Crippen LogP contribution in [0.1, 0.15) is 17.3 Å². The molecular weight excluding hydrogens is 272 g/mol. The molecule has 1 aromatic rings. The maximum absolute atomic E-state index is 11.8. The highest BCUT2D eigenvalue weighted by molar-refractivity contribution is 6.30. The summed E-state index contributed by atoms with van der Waals surface area (Å²) >= 11 is 5.69. The van der Waals surface area contributed by atoms with Gasteiger partial charge >= 0.3 is 5.97 Å². The number of esters is 1. The third kappa shape index (κ3) is 4.97. The topological polar surface area (TPSA) is 98.5 Å². The number of carbonyl (C=O) groups is 3. The summed E-state index contributed by atoms with van der Waals surface area (Å²) in [7, 11) is 0. The normalized spacial score (nSPS) is 11.5. The van der Waals surface area contributed by atoms with Gasteiger partial charge in [0.25, 0.3) is 11.8 Å². The molecule has 0 radical (unpaired) electrons. The number of benzene rings is 1. The predicted octanol–water partition coefficient (Wildman–Crippen LogP) is 0.487. The molecule has 0 fully saturated rings. The predicted molar refractivity (Wildman–Crippen MR) is 68.5 cm³/mol. The van der Waals surface area contributed by atoms with E-state index in [2.05, 4.69) is 10.1 Å². The van der Waals surface area contributed by atoms with Gasteiger partial charge in [0.15, 0.2) is 6.61 Å². The van der Waals surface area contributed by atoms with Crippen molar-refractivity contribution in [2.45, 2.75) is 13.0 Å². The molecule has 0 aromatic heterocycles. The van der Waals surface area contributed by atoms with Crippen LogP contribution in [0.5, 0.6) is 0 Å². The summed E-state index contributed by atoms with van der Waals surface area (Å²) < 4.78 is 4.57. The Balaban J connectivity index is 2.54. The lowest BCUT2D eigenvalue weighted by molar-refractivity contribution is -0.149. The van der Waals surface area contributed by atoms with Crippen LogP contribution in [-0.2, 0) is 14.3 Å². The molecule has 0 saturated heterocycles. The van der Waals surface area contributed by atoms with Gasteiger partial charge in [-0.05, 0) is 31.2 Å². The molecule has 0 unspecified atom stereocenters. The molecular formula is C12H13ClN2O4. The number of hydrogen-bond acceptors (Lipinski definition) is 4. The van der Waals surface area contributed by atoms with Gasteiger partial charge in [-0.15, -0.1) is 0 Å². The highest BCUT2D eigenvalue weighted by Crippen LogP contribution is 2.09. The lowest BCUT2D eigenvalue weighted by atomic mass is 10.2. The van der Waals surface area contributed by atoms with E-state index in [-0.39, 0.29) is 0 Å². The van der Waals surface area contributed by atoms with E-state index in [1.807, 2.05) is 0 Å². The summed E-state index contributed by atoms with van der Waals surface area (Å²) in [6, 6.07) is 5.29. The average Bonchev–Trinajstić information content (AvgIpc) is 2.36. The van der Waals surface area contributed by atoms with Crippen LogP contribution in [0.2, 0.25) is 5.02 Å². The summed E-state index contributed by atoms with van der Waals surface area (Å²) in [5.74, 6) is -1.94. The fourth-order valence-electron chi connectivity index (χ4n) is 1.21. The van der Waals surface area contributed by atoms with Crippen molar-refractivity contribution in [2.75, 3.05) is 6.61 Å². The first-order valence-electron chi connectivity index (χ1n) is 5.41. The number of halogens is 1. The van der Waals surface area contributed by atoms with E-state index in [1.54, 1.807) is 12.1 Å². The summed E-state index contributed by atoms with van der Waals surface area (Å²) in [5, 5.41) is 2.94. The number of rotatable bonds is 5. The summed E-state index contributed by atoms with van der Waals surface area (Å²) in [5.41, 5.74) is 5.19. The standard InChI is InChI=1S/C12H13ClN2O4/c1-7(12(18)19-6-10(14)16)15-11(17)8-2-4-9(13)5-3-8/h2-5,7H,6H2,1H3,(H2,14,16)(H,15,17)/t7-/m0/s1. The van der Waals surface area contributed by atoms with Crippen molar-refractivity contribution in [3.63, 3.8) is 0 Å². The van der Waals surface area contributed by atoms with Crippen LogP contribution < -0.4 is 11.1 Å². The van der Waals surface area contributed by atoms with Crippen LogP contribution in [0.25, 0.3) is 0 Å². The third-order valence-corrected chi connectivity index (χ3v) is 2.42. The highest BCUT2D eigenvalue weighted by atomic mass is 35.5. The Morgan fingerprint density at radius 3 is 2.42 bits per heavy atom. The molecule has 0 aliphatic carbocycles. The number of carbonyl (C=O) groups excluding carboxylic acids is 3. The van der Waals surface area contributed by atoms with Gasteiger partial charge in [-0.3, -0.25) is 9.59 Å². The minimum Gasteiger partial charge on any atom is -0.454 e. The molecule has 0 aliphatic rings. The van der Waals surface area contributed by atoms with Crippen molar-refractivity contribution < 1.29 is 19.1 Å². The first-order chi connectivity index (χ1) is 8.90. The fraction of sp³-hybridized carbons (Fsp3) is 0.250. The molecule has 2 amide bonds. The zero-order valence-corrected chi connectivity index (χ0v) is 10.9. The smallest absolute Gasteiger partial charge is 0.328 e. The van der Waals surface area contributed by atoms with Crippen LogP contribution in [0.3, 0.4) is 0 Å². The average molecular weight is 285 g/mol. The van der Waals surface area contributed by atoms with E-state index in [4.69, 9.17) is 17.3 Å². The Labute approximate surface area is 114 Å². The van der Waals surface area contributed by atoms with Crippen molar-refractivity contribution in [1.29, 1.82) is 0 Å². The molecule has 7 heteroatoms. The molecule has 1 aromatic carbocycles. The second-order valence-corrected chi connectivity index (χ2v) is 4.21. The third-order valence-electron chi connectivity index (χ3n) is 2.16. The lowest BCUT2D eigenvalue weighted by Gasteiger charge is -2.12. The van der Waals surface area contributed by atoms with Gasteiger partial charge < -0.3 is 15.8 Å². The van der Waals surface area contributed by atoms with Gasteiger partial charge in [-0.2, -0.15) is 0 Å². The number of nitrogens with one attached hydrogen (secondary N) is 1. The molecule has 0 bridgehead atoms. The van der Waals surface area contributed by atoms with E-state index in [0.29, 0.717) is 10.6 Å². The first-order valence-corrected chi connectivity index (χ1v) is 5.79. The second kappa shape index (κ2) is 6.75. The van der Waals surface area contributed by atoms with Crippen LogP contribution in [0.15, 0.2) is 24.3 Å². The molecule has 0 heterocycles. The number of nitrogens with two attached hydrogens (primary N) is 1. The Hall–Kier alpha value is -2.08. The van der Waals surface area contributed by atoms with Gasteiger partial charge in [0, 0.05) is 10.6 Å². The monoisotopic (exact) mass is 284 g/mol. The maximum atomic E-state index is 11.8. The maximum Gasteiger partial charge on any atom is 0.328 e. The van der Waals surface area contributed by atoms with Crippen molar-refractivity contribution in [1.82, 2.24) is 5.32 Å². The lowest BCUT2D eigenvalue weighted by Crippen LogP contribution is -2.40. The molecule has 3 N–H and O–H groups in total. The summed E-state index contributed by atoms with van der Waals surface area (Å²) in [4.78, 5) is 33.6. The number of primary amides is 1. The van der Waals surface area contributed by atoms with Crippen molar-refractivity contribution in [3.05, 3.63) is 34.9 Å². The number of amides is 2. The van der Waals surface area contributed by atoms with E-state index < -0.39 is 30.4 Å². The molecule has 1 rings (SSSR count). The van der Waals surface area contributed by atoms with Gasteiger partial charge in [-0.1, -0.05) is 11.6 Å². The molecule has 0 spiro atoms. The van der Waals surface area contributed by atoms with Gasteiger partial charge in [0.2, 0.25) is 0 Å². The molecule has 0 aliphatic heterocycles. The zero-order chi connectivity index (χ0) is 14.4. The Morgan fingerprint density at radius 2 is 1.89 bits per heavy atom. The van der Waals surface area contributed by atoms with E-state index in [9.17, 15) is 14.4 Å². The Kier molecular flexibility index (Phi) is 5.32. The van der Waals surface area contributed by atoms with Crippen LogP contribution in [-0.4, -0.2) is 30.4 Å². The fourth-order valence-corrected chi connectivity index (χ4v) is 1.33. The second-order valence-electron chi connectivity index (χ2n) is 3.78. The number of ether oxygens (including phenoxy) is 1. The van der Waals surface area contributed by atoms with Crippen LogP contribution in [0.4, 0.5) is 0 Å². The largest absolute Gasteiger partial charge is 0.454 e. The van der Waals surface area contributed by atoms with E-state index in [1.165, 1.54) is 19.1 Å². The van der Waals surface area contributed by atoms with Gasteiger partial charge in [-0.25, -0.2) is 4.79 Å². The van der Waals surface area contributed by atoms with Gasteiger partial charge in [0.1, 0.15) is 6.04 Å². The van der Waals surface area contributed by atoms with Crippen LogP contribution >= 0.6 is 11.6 Å². The van der Waals surface area contributed by atoms with Crippen molar-refractivity contribution >= 4 is 29.4 Å². The summed E-state index contributed by atoms with van der Waals surface area (Å²) in [6.07, 6.45) is 0. The quantitative estimate of drug-likeness (QED) is 0.769. The minimum absolute atomic E-state index is 0.360. The molecule has 19 heavy (non-hydrogen) atoms. The SMILES string of the molecule is C[C@H](NC(=O)c1ccc(Cl)cc1)C(=O)OCC(N)=O. The summed E-state index contributed by atoms with van der Waals surface area (Å²) in [6.45, 7) is 0.928. The first kappa shape index (κ1) is 15.0. The van der Waals surface area contributed by atoms with E-state index in [0.717, 1.165) is 0 Å². The van der Waals surface area contributed by atoms with Crippen molar-refractivity contribution in [2.24, 2.45) is 5.73 Å². The molecule has 102 valence electrons. The molecule has 6 nitrogen and oxygen atoms in total. The minimum atomic E-state index is -0.887. The number of hydrogen-bond donors (Lipinski definition) is 2. The molecule has 0 saturated carbocycles. The Morgan fingerprint density at radius 1 is 1.32 bits per heavy atom. The van der Waals surface area contributed by atoms with Crippen LogP contribution in [0, 0.1) is 0 Å². The highest BCUT2D eigenvalue weighted by Gasteiger charge is 2.18.